The number of amides is 1. The molecule has 0 aliphatic rings. The molecule has 1 aromatic carbocycles. The molecule has 0 bridgehead atoms. The first-order chi connectivity index (χ1) is 10.5. The van der Waals surface area contributed by atoms with Gasteiger partial charge in [-0.05, 0) is 26.0 Å². The van der Waals surface area contributed by atoms with E-state index in [1.54, 1.807) is 13.2 Å². The van der Waals surface area contributed by atoms with E-state index in [1.165, 1.54) is 17.0 Å². The number of hydrogen-bond donors (Lipinski definition) is 1. The van der Waals surface area contributed by atoms with E-state index in [1.807, 2.05) is 32.0 Å². The summed E-state index contributed by atoms with van der Waals surface area (Å²) in [6, 6.07) is 7.18. The fourth-order valence-electron chi connectivity index (χ4n) is 2.22. The highest BCUT2D eigenvalue weighted by atomic mass is 16.5. The summed E-state index contributed by atoms with van der Waals surface area (Å²) in [5.41, 5.74) is 1.54. The van der Waals surface area contributed by atoms with Crippen LogP contribution in [-0.2, 0) is 11.3 Å². The number of methoxy groups -OCH3 is 1. The number of nitrogens with zero attached hydrogens (tertiary/aromatic N) is 2. The zero-order valence-corrected chi connectivity index (χ0v) is 12.9. The Labute approximate surface area is 128 Å². The second-order valence-corrected chi connectivity index (χ2v) is 5.06. The third-order valence-electron chi connectivity index (χ3n) is 3.33. The molecule has 0 spiro atoms. The minimum atomic E-state index is -0.446. The van der Waals surface area contributed by atoms with Gasteiger partial charge in [-0.15, -0.1) is 0 Å². The van der Waals surface area contributed by atoms with Crippen LogP contribution in [-0.4, -0.2) is 22.6 Å². The van der Waals surface area contributed by atoms with Gasteiger partial charge in [0.05, 0.1) is 13.2 Å². The second-order valence-electron chi connectivity index (χ2n) is 5.06. The predicted octanol–water partition coefficient (Wildman–Crippen LogP) is 1.44. The molecule has 1 aromatic heterocycles. The maximum absolute atomic E-state index is 12.1. The van der Waals surface area contributed by atoms with Crippen molar-refractivity contribution in [2.45, 2.75) is 26.4 Å². The van der Waals surface area contributed by atoms with E-state index < -0.39 is 5.69 Å². The number of hydrogen-bond acceptors (Lipinski definition) is 4. The highest BCUT2D eigenvalue weighted by Gasteiger charge is 2.14. The van der Waals surface area contributed by atoms with Crippen molar-refractivity contribution in [2.75, 3.05) is 7.11 Å². The SMILES string of the molecule is COc1ccc(C)cc1[C@H](C)NC(=O)Cn1cccnc1=O. The number of nitrogens with one attached hydrogen (secondary N) is 1. The molecule has 1 N–H and O–H groups in total. The van der Waals surface area contributed by atoms with Crippen molar-refractivity contribution in [3.05, 3.63) is 58.3 Å². The van der Waals surface area contributed by atoms with Crippen LogP contribution < -0.4 is 15.7 Å². The average Bonchev–Trinajstić information content (AvgIpc) is 2.49. The summed E-state index contributed by atoms with van der Waals surface area (Å²) >= 11 is 0. The van der Waals surface area contributed by atoms with Crippen LogP contribution >= 0.6 is 0 Å². The van der Waals surface area contributed by atoms with Crippen molar-refractivity contribution in [3.8, 4) is 5.75 Å². The van der Waals surface area contributed by atoms with E-state index in [0.717, 1.165) is 16.9 Å². The van der Waals surface area contributed by atoms with Crippen molar-refractivity contribution in [3.63, 3.8) is 0 Å². The summed E-state index contributed by atoms with van der Waals surface area (Å²) < 4.78 is 6.58. The standard InChI is InChI=1S/C16H19N3O3/c1-11-5-6-14(22-3)13(9-11)12(2)18-15(20)10-19-8-4-7-17-16(19)21/h4-9,12H,10H2,1-3H3,(H,18,20)/t12-/m0/s1. The molecule has 22 heavy (non-hydrogen) atoms. The molecule has 0 aliphatic heterocycles. The number of aryl methyl sites for hydroxylation is 1. The molecule has 0 unspecified atom stereocenters. The second kappa shape index (κ2) is 6.89. The van der Waals surface area contributed by atoms with E-state index in [4.69, 9.17) is 4.74 Å². The van der Waals surface area contributed by atoms with Gasteiger partial charge in [0.15, 0.2) is 0 Å². The van der Waals surface area contributed by atoms with E-state index >= 15 is 0 Å². The molecule has 1 atom stereocenters. The molecule has 2 rings (SSSR count). The first-order valence-corrected chi connectivity index (χ1v) is 6.96. The van der Waals surface area contributed by atoms with Crippen LogP contribution in [0.25, 0.3) is 0 Å². The third-order valence-corrected chi connectivity index (χ3v) is 3.33. The van der Waals surface area contributed by atoms with E-state index in [2.05, 4.69) is 10.3 Å². The van der Waals surface area contributed by atoms with Gasteiger partial charge in [-0.3, -0.25) is 9.36 Å². The lowest BCUT2D eigenvalue weighted by molar-refractivity contribution is -0.122. The van der Waals surface area contributed by atoms with Gasteiger partial charge in [-0.1, -0.05) is 17.7 Å². The smallest absolute Gasteiger partial charge is 0.347 e. The summed E-state index contributed by atoms with van der Waals surface area (Å²) in [6.07, 6.45) is 2.93. The number of ether oxygens (including phenoxy) is 1. The maximum atomic E-state index is 12.1. The fraction of sp³-hybridized carbons (Fsp3) is 0.312. The van der Waals surface area contributed by atoms with Gasteiger partial charge in [0.1, 0.15) is 12.3 Å². The van der Waals surface area contributed by atoms with E-state index in [9.17, 15) is 9.59 Å². The lowest BCUT2D eigenvalue weighted by atomic mass is 10.0. The van der Waals surface area contributed by atoms with Crippen LogP contribution in [0.5, 0.6) is 5.75 Å². The molecule has 0 fully saturated rings. The van der Waals surface area contributed by atoms with Crippen molar-refractivity contribution in [1.82, 2.24) is 14.9 Å². The Hall–Kier alpha value is -2.63. The quantitative estimate of drug-likeness (QED) is 0.907. The topological polar surface area (TPSA) is 73.2 Å². The highest BCUT2D eigenvalue weighted by Crippen LogP contribution is 2.25. The zero-order chi connectivity index (χ0) is 16.1. The first kappa shape index (κ1) is 15.8. The minimum absolute atomic E-state index is 0.0643. The normalized spacial score (nSPS) is 11.8. The average molecular weight is 301 g/mol. The van der Waals surface area contributed by atoms with Gasteiger partial charge in [0.2, 0.25) is 5.91 Å². The molecule has 0 saturated heterocycles. The predicted molar refractivity (Wildman–Crippen MR) is 82.8 cm³/mol. The Balaban J connectivity index is 2.10. The van der Waals surface area contributed by atoms with Crippen LogP contribution in [0.2, 0.25) is 0 Å². The number of carbonyl (C=O) groups is 1. The van der Waals surface area contributed by atoms with Crippen LogP contribution in [0.3, 0.4) is 0 Å². The lowest BCUT2D eigenvalue weighted by Crippen LogP contribution is -2.34. The Morgan fingerprint density at radius 3 is 2.91 bits per heavy atom. The van der Waals surface area contributed by atoms with Crippen molar-refractivity contribution < 1.29 is 9.53 Å². The molecular weight excluding hydrogens is 282 g/mol. The number of aromatic nitrogens is 2. The Bertz CT molecular complexity index is 725. The molecule has 0 saturated carbocycles. The molecule has 1 amide bonds. The monoisotopic (exact) mass is 301 g/mol. The largest absolute Gasteiger partial charge is 0.496 e. The molecular formula is C16H19N3O3. The summed E-state index contributed by atoms with van der Waals surface area (Å²) in [5, 5.41) is 2.87. The lowest BCUT2D eigenvalue weighted by Gasteiger charge is -2.18. The molecule has 1 heterocycles. The Morgan fingerprint density at radius 1 is 1.45 bits per heavy atom. The van der Waals surface area contributed by atoms with Gasteiger partial charge in [0, 0.05) is 18.0 Å². The molecule has 0 aliphatic carbocycles. The van der Waals surface area contributed by atoms with E-state index in [-0.39, 0.29) is 18.5 Å². The summed E-state index contributed by atoms with van der Waals surface area (Å²) in [6.45, 7) is 3.79. The third kappa shape index (κ3) is 3.72. The number of benzene rings is 1. The molecule has 0 radical (unpaired) electrons. The molecule has 6 heteroatoms. The Kier molecular flexibility index (Phi) is 4.93. The van der Waals surface area contributed by atoms with Crippen molar-refractivity contribution in [2.24, 2.45) is 0 Å². The zero-order valence-electron chi connectivity index (χ0n) is 12.9. The molecule has 116 valence electrons. The van der Waals surface area contributed by atoms with Crippen LogP contribution in [0.1, 0.15) is 24.1 Å². The highest BCUT2D eigenvalue weighted by molar-refractivity contribution is 5.76. The first-order valence-electron chi connectivity index (χ1n) is 6.96. The van der Waals surface area contributed by atoms with Crippen molar-refractivity contribution in [1.29, 1.82) is 0 Å². The number of rotatable bonds is 5. The molecule has 6 nitrogen and oxygen atoms in total. The molecule has 2 aromatic rings. The van der Waals surface area contributed by atoms with Gasteiger partial charge in [-0.2, -0.15) is 0 Å². The number of carbonyl (C=O) groups excluding carboxylic acids is 1. The van der Waals surface area contributed by atoms with Gasteiger partial charge < -0.3 is 10.1 Å². The summed E-state index contributed by atoms with van der Waals surface area (Å²) in [5.74, 6) is 0.461. The maximum Gasteiger partial charge on any atom is 0.347 e. The van der Waals surface area contributed by atoms with E-state index in [0.29, 0.717) is 0 Å². The summed E-state index contributed by atoms with van der Waals surface area (Å²) in [4.78, 5) is 27.2. The summed E-state index contributed by atoms with van der Waals surface area (Å²) in [7, 11) is 1.60. The van der Waals surface area contributed by atoms with Gasteiger partial charge >= 0.3 is 5.69 Å². The minimum Gasteiger partial charge on any atom is -0.496 e. The van der Waals surface area contributed by atoms with Gasteiger partial charge in [-0.25, -0.2) is 9.78 Å². The van der Waals surface area contributed by atoms with Crippen LogP contribution in [0.15, 0.2) is 41.5 Å². The van der Waals surface area contributed by atoms with Crippen LogP contribution in [0.4, 0.5) is 0 Å². The van der Waals surface area contributed by atoms with Crippen molar-refractivity contribution >= 4 is 5.91 Å². The fourth-order valence-corrected chi connectivity index (χ4v) is 2.22. The van der Waals surface area contributed by atoms with Gasteiger partial charge in [0.25, 0.3) is 0 Å². The Morgan fingerprint density at radius 2 is 2.23 bits per heavy atom. The van der Waals surface area contributed by atoms with Crippen LogP contribution in [0, 0.1) is 6.92 Å².